The molecule has 2 amide bonds. The molecule has 2 rings (SSSR count). The largest absolute Gasteiger partial charge is 0.341 e. The van der Waals surface area contributed by atoms with Gasteiger partial charge in [-0.15, -0.1) is 0 Å². The number of urea groups is 1. The maximum absolute atomic E-state index is 11.7. The molecule has 0 aliphatic carbocycles. The molecule has 0 bridgehead atoms. The second-order valence-electron chi connectivity index (χ2n) is 5.43. The Balaban J connectivity index is 2.16. The number of hydrogen-bond donors (Lipinski definition) is 1. The van der Waals surface area contributed by atoms with Gasteiger partial charge in [0.05, 0.1) is 0 Å². The predicted octanol–water partition coefficient (Wildman–Crippen LogP) is 2.58. The topological polar surface area (TPSA) is 32.3 Å². The van der Waals surface area contributed by atoms with Crippen LogP contribution in [0.1, 0.15) is 30.5 Å². The zero-order valence-corrected chi connectivity index (χ0v) is 11.5. The second-order valence-corrected chi connectivity index (χ2v) is 5.43. The number of nitrogens with one attached hydrogen (secondary N) is 1. The van der Waals surface area contributed by atoms with Crippen LogP contribution in [-0.2, 0) is 19.4 Å². The molecule has 1 aliphatic heterocycles. The van der Waals surface area contributed by atoms with Gasteiger partial charge in [0.2, 0.25) is 0 Å². The summed E-state index contributed by atoms with van der Waals surface area (Å²) < 4.78 is 0. The minimum atomic E-state index is 0.0231. The normalized spacial score (nSPS) is 14.6. The molecule has 1 aliphatic rings. The summed E-state index contributed by atoms with van der Waals surface area (Å²) in [6, 6.07) is 6.75. The van der Waals surface area contributed by atoms with Gasteiger partial charge < -0.3 is 10.2 Å². The van der Waals surface area contributed by atoms with E-state index in [1.165, 1.54) is 16.7 Å². The van der Waals surface area contributed by atoms with Crippen molar-refractivity contribution in [3.8, 4) is 0 Å². The van der Waals surface area contributed by atoms with Crippen LogP contribution in [0.15, 0.2) is 18.2 Å². The Hall–Kier alpha value is -1.51. The third-order valence-electron chi connectivity index (χ3n) is 3.43. The fourth-order valence-electron chi connectivity index (χ4n) is 2.54. The van der Waals surface area contributed by atoms with E-state index in [2.05, 4.69) is 37.4 Å². The van der Waals surface area contributed by atoms with Crippen molar-refractivity contribution in [1.29, 1.82) is 0 Å². The SMILES string of the molecule is CNC(=O)N1CCc2ccc(CC(C)C)cc2C1. The molecule has 0 unspecified atom stereocenters. The van der Waals surface area contributed by atoms with Gasteiger partial charge in [-0.25, -0.2) is 4.79 Å². The lowest BCUT2D eigenvalue weighted by molar-refractivity contribution is 0.194. The van der Waals surface area contributed by atoms with Gasteiger partial charge in [-0.1, -0.05) is 32.0 Å². The quantitative estimate of drug-likeness (QED) is 0.854. The highest BCUT2D eigenvalue weighted by Crippen LogP contribution is 2.21. The molecule has 3 heteroatoms. The van der Waals surface area contributed by atoms with Crippen molar-refractivity contribution in [3.63, 3.8) is 0 Å². The van der Waals surface area contributed by atoms with Gasteiger partial charge in [-0.3, -0.25) is 0 Å². The molecule has 0 atom stereocenters. The summed E-state index contributed by atoms with van der Waals surface area (Å²) >= 11 is 0. The lowest BCUT2D eigenvalue weighted by Crippen LogP contribution is -2.41. The number of benzene rings is 1. The van der Waals surface area contributed by atoms with E-state index in [1.54, 1.807) is 7.05 Å². The van der Waals surface area contributed by atoms with E-state index >= 15 is 0 Å². The minimum Gasteiger partial charge on any atom is -0.341 e. The number of carbonyl (C=O) groups is 1. The van der Waals surface area contributed by atoms with Crippen LogP contribution >= 0.6 is 0 Å². The fourth-order valence-corrected chi connectivity index (χ4v) is 2.54. The first kappa shape index (κ1) is 12.9. The Morgan fingerprint density at radius 3 is 2.83 bits per heavy atom. The third-order valence-corrected chi connectivity index (χ3v) is 3.43. The van der Waals surface area contributed by atoms with Crippen molar-refractivity contribution in [2.45, 2.75) is 33.2 Å². The van der Waals surface area contributed by atoms with Crippen molar-refractivity contribution in [2.75, 3.05) is 13.6 Å². The second kappa shape index (κ2) is 5.42. The molecule has 3 nitrogen and oxygen atoms in total. The van der Waals surface area contributed by atoms with Gasteiger partial charge >= 0.3 is 6.03 Å². The fraction of sp³-hybridized carbons (Fsp3) is 0.533. The van der Waals surface area contributed by atoms with Crippen LogP contribution in [-0.4, -0.2) is 24.5 Å². The number of nitrogens with zero attached hydrogens (tertiary/aromatic N) is 1. The van der Waals surface area contributed by atoms with E-state index in [-0.39, 0.29) is 6.03 Å². The molecule has 0 saturated carbocycles. The molecular formula is C15H22N2O. The molecule has 1 heterocycles. The molecule has 0 spiro atoms. The molecular weight excluding hydrogens is 224 g/mol. The first-order chi connectivity index (χ1) is 8.60. The van der Waals surface area contributed by atoms with Crippen LogP contribution in [0.3, 0.4) is 0 Å². The maximum Gasteiger partial charge on any atom is 0.317 e. The van der Waals surface area contributed by atoms with Crippen molar-refractivity contribution in [2.24, 2.45) is 5.92 Å². The summed E-state index contributed by atoms with van der Waals surface area (Å²) in [7, 11) is 1.69. The van der Waals surface area contributed by atoms with Crippen LogP contribution in [0, 0.1) is 5.92 Å². The minimum absolute atomic E-state index is 0.0231. The highest BCUT2D eigenvalue weighted by molar-refractivity contribution is 5.74. The van der Waals surface area contributed by atoms with E-state index in [1.807, 2.05) is 4.90 Å². The van der Waals surface area contributed by atoms with Crippen molar-refractivity contribution < 1.29 is 4.79 Å². The molecule has 98 valence electrons. The Labute approximate surface area is 109 Å². The molecule has 1 aromatic carbocycles. The van der Waals surface area contributed by atoms with Crippen LogP contribution < -0.4 is 5.32 Å². The maximum atomic E-state index is 11.7. The van der Waals surface area contributed by atoms with Crippen LogP contribution in [0.5, 0.6) is 0 Å². The van der Waals surface area contributed by atoms with Gasteiger partial charge in [-0.2, -0.15) is 0 Å². The van der Waals surface area contributed by atoms with Crippen LogP contribution in [0.2, 0.25) is 0 Å². The van der Waals surface area contributed by atoms with Gasteiger partial charge in [0.15, 0.2) is 0 Å². The first-order valence-electron chi connectivity index (χ1n) is 6.67. The Morgan fingerprint density at radius 1 is 1.39 bits per heavy atom. The van der Waals surface area contributed by atoms with Gasteiger partial charge in [0.25, 0.3) is 0 Å². The number of carbonyl (C=O) groups excluding carboxylic acids is 1. The van der Waals surface area contributed by atoms with Crippen molar-refractivity contribution in [1.82, 2.24) is 10.2 Å². The molecule has 18 heavy (non-hydrogen) atoms. The van der Waals surface area contributed by atoms with Crippen molar-refractivity contribution in [3.05, 3.63) is 34.9 Å². The van der Waals surface area contributed by atoms with Gasteiger partial charge in [-0.05, 0) is 35.4 Å². The molecule has 1 aromatic rings. The zero-order valence-electron chi connectivity index (χ0n) is 11.5. The number of hydrogen-bond acceptors (Lipinski definition) is 1. The van der Waals surface area contributed by atoms with Crippen LogP contribution in [0.4, 0.5) is 4.79 Å². The van der Waals surface area contributed by atoms with E-state index in [0.29, 0.717) is 5.92 Å². The molecule has 1 N–H and O–H groups in total. The first-order valence-corrected chi connectivity index (χ1v) is 6.67. The standard InChI is InChI=1S/C15H22N2O/c1-11(2)8-12-4-5-13-6-7-17(15(18)16-3)10-14(13)9-12/h4-5,9,11H,6-8,10H2,1-3H3,(H,16,18). The van der Waals surface area contributed by atoms with Crippen molar-refractivity contribution >= 4 is 6.03 Å². The summed E-state index contributed by atoms with van der Waals surface area (Å²) in [5.41, 5.74) is 4.08. The highest BCUT2D eigenvalue weighted by Gasteiger charge is 2.19. The van der Waals surface area contributed by atoms with E-state index in [4.69, 9.17) is 0 Å². The third kappa shape index (κ3) is 2.84. The number of amides is 2. The lowest BCUT2D eigenvalue weighted by Gasteiger charge is -2.29. The Bertz CT molecular complexity index is 440. The summed E-state index contributed by atoms with van der Waals surface area (Å²) in [6.45, 7) is 6.02. The summed E-state index contributed by atoms with van der Waals surface area (Å²) in [4.78, 5) is 13.5. The summed E-state index contributed by atoms with van der Waals surface area (Å²) in [5.74, 6) is 0.668. The highest BCUT2D eigenvalue weighted by atomic mass is 16.2. The van der Waals surface area contributed by atoms with Gasteiger partial charge in [0, 0.05) is 20.1 Å². The summed E-state index contributed by atoms with van der Waals surface area (Å²) in [5, 5.41) is 2.70. The molecule has 0 aromatic heterocycles. The average molecular weight is 246 g/mol. The van der Waals surface area contributed by atoms with E-state index in [9.17, 15) is 4.79 Å². The van der Waals surface area contributed by atoms with E-state index in [0.717, 1.165) is 25.9 Å². The molecule has 0 saturated heterocycles. The number of fused-ring (bicyclic) bond motifs is 1. The summed E-state index contributed by atoms with van der Waals surface area (Å²) in [6.07, 6.45) is 2.07. The smallest absolute Gasteiger partial charge is 0.317 e. The van der Waals surface area contributed by atoms with Crippen LogP contribution in [0.25, 0.3) is 0 Å². The van der Waals surface area contributed by atoms with E-state index < -0.39 is 0 Å². The lowest BCUT2D eigenvalue weighted by atomic mass is 9.94. The zero-order chi connectivity index (χ0) is 13.1. The molecule has 0 fully saturated rings. The Morgan fingerprint density at radius 2 is 2.17 bits per heavy atom. The monoisotopic (exact) mass is 246 g/mol. The Kier molecular flexibility index (Phi) is 3.90. The predicted molar refractivity (Wildman–Crippen MR) is 73.6 cm³/mol. The number of rotatable bonds is 2. The average Bonchev–Trinajstić information content (AvgIpc) is 2.36. The van der Waals surface area contributed by atoms with Gasteiger partial charge in [0.1, 0.15) is 0 Å². The molecule has 0 radical (unpaired) electrons.